The fourth-order valence-electron chi connectivity index (χ4n) is 1.11. The summed E-state index contributed by atoms with van der Waals surface area (Å²) in [6, 6.07) is 3.63. The van der Waals surface area contributed by atoms with Crippen molar-refractivity contribution in [2.75, 3.05) is 12.4 Å². The molecule has 1 atom stereocenters. The molecule has 0 aliphatic carbocycles. The summed E-state index contributed by atoms with van der Waals surface area (Å²) < 4.78 is 18.1. The van der Waals surface area contributed by atoms with E-state index >= 15 is 0 Å². The molecule has 1 aromatic rings. The fraction of sp³-hybridized carbons (Fsp3) is 0.545. The molecule has 1 rings (SSSR count). The van der Waals surface area contributed by atoms with Gasteiger partial charge in [0.25, 0.3) is 0 Å². The minimum atomic E-state index is -1.02. The van der Waals surface area contributed by atoms with Gasteiger partial charge in [0, 0.05) is 23.0 Å². The first kappa shape index (κ1) is 13.8. The first-order valence-corrected chi connectivity index (χ1v) is 7.32. The summed E-state index contributed by atoms with van der Waals surface area (Å²) in [5.74, 6) is 0.599. The molecule has 0 N–H and O–H groups in total. The maximum atomic E-state index is 11.8. The summed E-state index contributed by atoms with van der Waals surface area (Å²) in [7, 11) is -1.02. The van der Waals surface area contributed by atoms with Gasteiger partial charge in [0.15, 0.2) is 0 Å². The lowest BCUT2D eigenvalue weighted by Gasteiger charge is -2.06. The Morgan fingerprint density at radius 2 is 2.25 bits per heavy atom. The number of halogens is 1. The van der Waals surface area contributed by atoms with Crippen LogP contribution in [0, 0.1) is 0 Å². The lowest BCUT2D eigenvalue weighted by Crippen LogP contribution is -2.08. The van der Waals surface area contributed by atoms with Crippen LogP contribution < -0.4 is 0 Å². The average molecular weight is 306 g/mol. The second-order valence-corrected chi connectivity index (χ2v) is 6.07. The standard InChI is InChI=1S/C11H16BrNO2S/c1-9(2)15-6-3-7-16(14)11-5-4-10(12)8-13-11/h4-5,8-9H,3,6-7H2,1-2H3/t16-/m1/s1. The molecule has 0 fully saturated rings. The van der Waals surface area contributed by atoms with E-state index in [4.69, 9.17) is 4.74 Å². The van der Waals surface area contributed by atoms with Crippen molar-refractivity contribution in [2.45, 2.75) is 31.4 Å². The van der Waals surface area contributed by atoms with E-state index < -0.39 is 10.8 Å². The molecule has 1 aromatic heterocycles. The van der Waals surface area contributed by atoms with Crippen LogP contribution in [0.15, 0.2) is 27.8 Å². The molecule has 0 saturated heterocycles. The van der Waals surface area contributed by atoms with Gasteiger partial charge >= 0.3 is 0 Å². The summed E-state index contributed by atoms with van der Waals surface area (Å²) in [4.78, 5) is 4.10. The van der Waals surface area contributed by atoms with Crippen LogP contribution in [0.2, 0.25) is 0 Å². The highest BCUT2D eigenvalue weighted by atomic mass is 79.9. The number of ether oxygens (including phenoxy) is 1. The van der Waals surface area contributed by atoms with E-state index in [1.165, 1.54) is 0 Å². The van der Waals surface area contributed by atoms with Gasteiger partial charge in [-0.05, 0) is 48.3 Å². The van der Waals surface area contributed by atoms with Gasteiger partial charge in [0.2, 0.25) is 0 Å². The zero-order valence-corrected chi connectivity index (χ0v) is 11.9. The Hall–Kier alpha value is -0.260. The van der Waals surface area contributed by atoms with Gasteiger partial charge in [-0.3, -0.25) is 4.21 Å². The van der Waals surface area contributed by atoms with E-state index in [-0.39, 0.29) is 6.10 Å². The van der Waals surface area contributed by atoms with Crippen LogP contribution >= 0.6 is 15.9 Å². The Labute approximate surface area is 107 Å². The predicted octanol–water partition coefficient (Wildman–Crippen LogP) is 2.77. The molecule has 16 heavy (non-hydrogen) atoms. The fourth-order valence-corrected chi connectivity index (χ4v) is 2.32. The van der Waals surface area contributed by atoms with E-state index in [1.807, 2.05) is 19.9 Å². The normalized spacial score (nSPS) is 13.0. The van der Waals surface area contributed by atoms with Crippen molar-refractivity contribution < 1.29 is 8.95 Å². The van der Waals surface area contributed by atoms with E-state index in [1.54, 1.807) is 12.3 Å². The van der Waals surface area contributed by atoms with Crippen molar-refractivity contribution in [1.82, 2.24) is 4.98 Å². The van der Waals surface area contributed by atoms with E-state index in [9.17, 15) is 4.21 Å². The summed E-state index contributed by atoms with van der Waals surface area (Å²) in [5, 5.41) is 0.632. The summed E-state index contributed by atoms with van der Waals surface area (Å²) in [6.07, 6.45) is 2.69. The molecule has 0 aliphatic heterocycles. The lowest BCUT2D eigenvalue weighted by molar-refractivity contribution is 0.0798. The molecule has 0 spiro atoms. The zero-order valence-electron chi connectivity index (χ0n) is 9.48. The molecular formula is C11H16BrNO2S. The third kappa shape index (κ3) is 5.18. The number of hydrogen-bond donors (Lipinski definition) is 0. The second kappa shape index (κ2) is 7.14. The molecule has 0 saturated carbocycles. The molecule has 1 heterocycles. The molecule has 90 valence electrons. The molecule has 0 amide bonds. The highest BCUT2D eigenvalue weighted by Crippen LogP contribution is 2.10. The Balaban J connectivity index is 2.32. The first-order chi connectivity index (χ1) is 7.59. The van der Waals surface area contributed by atoms with Crippen molar-refractivity contribution in [3.63, 3.8) is 0 Å². The molecule has 0 bridgehead atoms. The van der Waals surface area contributed by atoms with E-state index in [2.05, 4.69) is 20.9 Å². The van der Waals surface area contributed by atoms with Crippen LogP contribution in [-0.2, 0) is 15.5 Å². The van der Waals surface area contributed by atoms with Gasteiger partial charge in [-0.1, -0.05) is 0 Å². The number of rotatable bonds is 6. The van der Waals surface area contributed by atoms with Gasteiger partial charge in [-0.15, -0.1) is 0 Å². The Kier molecular flexibility index (Phi) is 6.16. The van der Waals surface area contributed by atoms with E-state index in [0.717, 1.165) is 10.9 Å². The highest BCUT2D eigenvalue weighted by molar-refractivity contribution is 9.10. The van der Waals surface area contributed by atoms with Crippen molar-refractivity contribution >= 4 is 26.7 Å². The van der Waals surface area contributed by atoms with Crippen molar-refractivity contribution in [3.05, 3.63) is 22.8 Å². The quantitative estimate of drug-likeness (QED) is 0.759. The van der Waals surface area contributed by atoms with Crippen LogP contribution in [-0.4, -0.2) is 27.7 Å². The van der Waals surface area contributed by atoms with Gasteiger partial charge in [0.05, 0.1) is 16.9 Å². The predicted molar refractivity (Wildman–Crippen MR) is 68.9 cm³/mol. The Morgan fingerprint density at radius 1 is 1.50 bits per heavy atom. The third-order valence-corrected chi connectivity index (χ3v) is 3.70. The monoisotopic (exact) mass is 305 g/mol. The topological polar surface area (TPSA) is 39.2 Å². The van der Waals surface area contributed by atoms with Crippen molar-refractivity contribution in [1.29, 1.82) is 0 Å². The molecule has 0 aromatic carbocycles. The largest absolute Gasteiger partial charge is 0.379 e. The second-order valence-electron chi connectivity index (χ2n) is 3.64. The van der Waals surface area contributed by atoms with Gasteiger partial charge < -0.3 is 4.74 Å². The molecule has 5 heteroatoms. The highest BCUT2D eigenvalue weighted by Gasteiger charge is 2.05. The minimum Gasteiger partial charge on any atom is -0.379 e. The minimum absolute atomic E-state index is 0.235. The summed E-state index contributed by atoms with van der Waals surface area (Å²) in [6.45, 7) is 4.64. The van der Waals surface area contributed by atoms with Crippen LogP contribution in [0.3, 0.4) is 0 Å². The number of pyridine rings is 1. The SMILES string of the molecule is CC(C)OCCC[S@@](=O)c1ccc(Br)cn1. The number of aromatic nitrogens is 1. The lowest BCUT2D eigenvalue weighted by atomic mass is 10.4. The Morgan fingerprint density at radius 3 is 2.81 bits per heavy atom. The van der Waals surface area contributed by atoms with Crippen LogP contribution in [0.4, 0.5) is 0 Å². The zero-order chi connectivity index (χ0) is 12.0. The third-order valence-electron chi connectivity index (χ3n) is 1.86. The molecule has 3 nitrogen and oxygen atoms in total. The number of hydrogen-bond acceptors (Lipinski definition) is 3. The Bertz CT molecular complexity index is 340. The first-order valence-electron chi connectivity index (χ1n) is 5.21. The van der Waals surface area contributed by atoms with Gasteiger partial charge in [0.1, 0.15) is 5.03 Å². The van der Waals surface area contributed by atoms with Crippen LogP contribution in [0.5, 0.6) is 0 Å². The molecule has 0 unspecified atom stereocenters. The van der Waals surface area contributed by atoms with Gasteiger partial charge in [-0.25, -0.2) is 4.98 Å². The van der Waals surface area contributed by atoms with Crippen molar-refractivity contribution in [3.8, 4) is 0 Å². The molecule has 0 aliphatic rings. The molecular weight excluding hydrogens is 290 g/mol. The van der Waals surface area contributed by atoms with Gasteiger partial charge in [-0.2, -0.15) is 0 Å². The van der Waals surface area contributed by atoms with Crippen LogP contribution in [0.25, 0.3) is 0 Å². The van der Waals surface area contributed by atoms with Crippen molar-refractivity contribution in [2.24, 2.45) is 0 Å². The van der Waals surface area contributed by atoms with E-state index in [0.29, 0.717) is 17.4 Å². The smallest absolute Gasteiger partial charge is 0.127 e. The summed E-state index contributed by atoms with van der Waals surface area (Å²) >= 11 is 3.29. The molecule has 0 radical (unpaired) electrons. The summed E-state index contributed by atoms with van der Waals surface area (Å²) in [5.41, 5.74) is 0. The maximum Gasteiger partial charge on any atom is 0.127 e. The van der Waals surface area contributed by atoms with Crippen LogP contribution in [0.1, 0.15) is 20.3 Å². The number of nitrogens with zero attached hydrogens (tertiary/aromatic N) is 1. The maximum absolute atomic E-state index is 11.8. The average Bonchev–Trinajstić information content (AvgIpc) is 2.25.